The predicted octanol–water partition coefficient (Wildman–Crippen LogP) is 3.28. The molecule has 5 nitrogen and oxygen atoms in total. The van der Waals surface area contributed by atoms with Crippen molar-refractivity contribution in [2.24, 2.45) is 0 Å². The van der Waals surface area contributed by atoms with E-state index in [-0.39, 0.29) is 23.3 Å². The van der Waals surface area contributed by atoms with Gasteiger partial charge in [0.05, 0.1) is 17.0 Å². The minimum atomic E-state index is -3.61. The quantitative estimate of drug-likeness (QED) is 0.809. The minimum absolute atomic E-state index is 0.0345. The van der Waals surface area contributed by atoms with Gasteiger partial charge in [0, 0.05) is 13.1 Å². The van der Waals surface area contributed by atoms with Gasteiger partial charge >= 0.3 is 0 Å². The van der Waals surface area contributed by atoms with Crippen LogP contribution < -0.4 is 9.62 Å². The highest BCUT2D eigenvalue weighted by Gasteiger charge is 2.21. The number of rotatable bonds is 7. The number of carbonyl (C=O) groups excluding carboxylic acids is 1. The van der Waals surface area contributed by atoms with E-state index in [4.69, 9.17) is 0 Å². The molecule has 0 saturated heterocycles. The van der Waals surface area contributed by atoms with Crippen LogP contribution in [-0.4, -0.2) is 27.4 Å². The normalized spacial score (nSPS) is 12.5. The van der Waals surface area contributed by atoms with Gasteiger partial charge in [-0.1, -0.05) is 36.8 Å². The van der Waals surface area contributed by atoms with Crippen molar-refractivity contribution >= 4 is 21.6 Å². The second kappa shape index (κ2) is 8.36. The zero-order chi connectivity index (χ0) is 19.3. The molecule has 0 aliphatic rings. The topological polar surface area (TPSA) is 66.5 Å². The third-order valence-corrected chi connectivity index (χ3v) is 6.16. The first-order valence-corrected chi connectivity index (χ1v) is 10.1. The average Bonchev–Trinajstić information content (AvgIpc) is 2.61. The Morgan fingerprint density at radius 2 is 1.65 bits per heavy atom. The maximum absolute atomic E-state index is 12.7. The Labute approximate surface area is 156 Å². The van der Waals surface area contributed by atoms with Gasteiger partial charge in [0.15, 0.2) is 0 Å². The Kier molecular flexibility index (Phi) is 6.42. The van der Waals surface area contributed by atoms with E-state index in [0.29, 0.717) is 5.69 Å². The smallest absolute Gasteiger partial charge is 0.264 e. The van der Waals surface area contributed by atoms with E-state index in [1.807, 2.05) is 20.8 Å². The summed E-state index contributed by atoms with van der Waals surface area (Å²) in [5.41, 5.74) is 2.40. The second-order valence-electron chi connectivity index (χ2n) is 6.51. The fraction of sp³-hybridized carbons (Fsp3) is 0.350. The molecule has 0 heterocycles. The summed E-state index contributed by atoms with van der Waals surface area (Å²) < 4.78 is 26.7. The third kappa shape index (κ3) is 4.85. The van der Waals surface area contributed by atoms with Crippen molar-refractivity contribution in [1.82, 2.24) is 5.32 Å². The molecule has 0 saturated carbocycles. The van der Waals surface area contributed by atoms with Crippen LogP contribution in [0.15, 0.2) is 53.4 Å². The van der Waals surface area contributed by atoms with E-state index < -0.39 is 10.0 Å². The number of carbonyl (C=O) groups is 1. The van der Waals surface area contributed by atoms with Gasteiger partial charge < -0.3 is 5.32 Å². The molecule has 2 aromatic rings. The standard InChI is InChI=1S/C20H26N2O3S/c1-5-16(3)21-20(23)14-17-8-10-18(11-9-17)22(4)26(24,25)19-12-6-15(2)7-13-19/h6-13,16H,5,14H2,1-4H3,(H,21,23)/t16-/m0/s1. The number of benzene rings is 2. The number of nitrogens with one attached hydrogen (secondary N) is 1. The van der Waals surface area contributed by atoms with E-state index in [0.717, 1.165) is 17.5 Å². The van der Waals surface area contributed by atoms with Crippen LogP contribution >= 0.6 is 0 Å². The van der Waals surface area contributed by atoms with Crippen molar-refractivity contribution in [3.63, 3.8) is 0 Å². The molecule has 1 atom stereocenters. The molecule has 2 rings (SSSR count). The molecule has 140 valence electrons. The highest BCUT2D eigenvalue weighted by molar-refractivity contribution is 7.92. The van der Waals surface area contributed by atoms with Gasteiger partial charge in [-0.15, -0.1) is 0 Å². The summed E-state index contributed by atoms with van der Waals surface area (Å²) in [6.45, 7) is 5.90. The van der Waals surface area contributed by atoms with E-state index in [1.54, 1.807) is 48.5 Å². The Balaban J connectivity index is 2.12. The Hall–Kier alpha value is -2.34. The molecule has 0 fully saturated rings. The zero-order valence-electron chi connectivity index (χ0n) is 15.7. The highest BCUT2D eigenvalue weighted by atomic mass is 32.2. The highest BCUT2D eigenvalue weighted by Crippen LogP contribution is 2.22. The molecule has 6 heteroatoms. The molecule has 0 spiro atoms. The molecule has 0 radical (unpaired) electrons. The van der Waals surface area contributed by atoms with Gasteiger partial charge in [0.1, 0.15) is 0 Å². The number of hydrogen-bond acceptors (Lipinski definition) is 3. The molecule has 0 unspecified atom stereocenters. The maximum Gasteiger partial charge on any atom is 0.264 e. The summed E-state index contributed by atoms with van der Waals surface area (Å²) in [6.07, 6.45) is 1.16. The van der Waals surface area contributed by atoms with Crippen LogP contribution in [0, 0.1) is 6.92 Å². The fourth-order valence-corrected chi connectivity index (χ4v) is 3.64. The lowest BCUT2D eigenvalue weighted by atomic mass is 10.1. The summed E-state index contributed by atoms with van der Waals surface area (Å²) >= 11 is 0. The maximum atomic E-state index is 12.7. The van der Waals surface area contributed by atoms with Crippen LogP contribution in [-0.2, 0) is 21.2 Å². The average molecular weight is 375 g/mol. The lowest BCUT2D eigenvalue weighted by molar-refractivity contribution is -0.121. The molecule has 2 aromatic carbocycles. The van der Waals surface area contributed by atoms with Gasteiger partial charge in [-0.2, -0.15) is 0 Å². The van der Waals surface area contributed by atoms with Gasteiger partial charge in [-0.25, -0.2) is 8.42 Å². The molecule has 0 aliphatic heterocycles. The van der Waals surface area contributed by atoms with E-state index >= 15 is 0 Å². The summed E-state index contributed by atoms with van der Waals surface area (Å²) in [5.74, 6) is -0.0345. The monoisotopic (exact) mass is 374 g/mol. The Morgan fingerprint density at radius 3 is 2.19 bits per heavy atom. The molecule has 26 heavy (non-hydrogen) atoms. The summed E-state index contributed by atoms with van der Waals surface area (Å²) in [7, 11) is -2.08. The van der Waals surface area contributed by atoms with Gasteiger partial charge in [0.2, 0.25) is 5.91 Å². The van der Waals surface area contributed by atoms with Crippen molar-refractivity contribution in [1.29, 1.82) is 0 Å². The number of anilines is 1. The van der Waals surface area contributed by atoms with Crippen LogP contribution in [0.4, 0.5) is 5.69 Å². The third-order valence-electron chi connectivity index (χ3n) is 4.36. The molecule has 0 bridgehead atoms. The lowest BCUT2D eigenvalue weighted by Crippen LogP contribution is -2.33. The van der Waals surface area contributed by atoms with E-state index in [2.05, 4.69) is 5.32 Å². The predicted molar refractivity (Wildman–Crippen MR) is 105 cm³/mol. The number of hydrogen-bond donors (Lipinski definition) is 1. The summed E-state index contributed by atoms with van der Waals surface area (Å²) in [5, 5.41) is 2.92. The van der Waals surface area contributed by atoms with Crippen molar-refractivity contribution in [2.75, 3.05) is 11.4 Å². The van der Waals surface area contributed by atoms with E-state index in [1.165, 1.54) is 11.4 Å². The Morgan fingerprint density at radius 1 is 1.08 bits per heavy atom. The van der Waals surface area contributed by atoms with Crippen LogP contribution in [0.2, 0.25) is 0 Å². The summed E-state index contributed by atoms with van der Waals surface area (Å²) in [4.78, 5) is 12.2. The van der Waals surface area contributed by atoms with Crippen LogP contribution in [0.1, 0.15) is 31.4 Å². The molecule has 1 amide bonds. The molecule has 0 aromatic heterocycles. The number of aryl methyl sites for hydroxylation is 1. The number of nitrogens with zero attached hydrogens (tertiary/aromatic N) is 1. The zero-order valence-corrected chi connectivity index (χ0v) is 16.5. The molecular weight excluding hydrogens is 348 g/mol. The van der Waals surface area contributed by atoms with Crippen molar-refractivity contribution in [3.05, 3.63) is 59.7 Å². The first-order chi connectivity index (χ1) is 12.2. The number of sulfonamides is 1. The van der Waals surface area contributed by atoms with Crippen LogP contribution in [0.3, 0.4) is 0 Å². The molecular formula is C20H26N2O3S. The first kappa shape index (κ1) is 20.0. The van der Waals surface area contributed by atoms with Gasteiger partial charge in [-0.3, -0.25) is 9.10 Å². The van der Waals surface area contributed by atoms with Crippen LogP contribution in [0.5, 0.6) is 0 Å². The summed E-state index contributed by atoms with van der Waals surface area (Å²) in [6, 6.07) is 13.9. The lowest BCUT2D eigenvalue weighted by Gasteiger charge is -2.20. The molecule has 0 aliphatic carbocycles. The first-order valence-electron chi connectivity index (χ1n) is 8.68. The SMILES string of the molecule is CC[C@H](C)NC(=O)Cc1ccc(N(C)S(=O)(=O)c2ccc(C)cc2)cc1. The second-order valence-corrected chi connectivity index (χ2v) is 8.47. The minimum Gasteiger partial charge on any atom is -0.353 e. The van der Waals surface area contributed by atoms with Crippen LogP contribution in [0.25, 0.3) is 0 Å². The van der Waals surface area contributed by atoms with Crippen molar-refractivity contribution in [2.45, 2.75) is 44.6 Å². The largest absolute Gasteiger partial charge is 0.353 e. The van der Waals surface area contributed by atoms with Crippen molar-refractivity contribution in [3.8, 4) is 0 Å². The van der Waals surface area contributed by atoms with Gasteiger partial charge in [-0.05, 0) is 50.1 Å². The van der Waals surface area contributed by atoms with Crippen molar-refractivity contribution < 1.29 is 13.2 Å². The Bertz CT molecular complexity index is 844. The van der Waals surface area contributed by atoms with E-state index in [9.17, 15) is 13.2 Å². The fourth-order valence-electron chi connectivity index (χ4n) is 2.44. The number of amides is 1. The van der Waals surface area contributed by atoms with Gasteiger partial charge in [0.25, 0.3) is 10.0 Å². The molecule has 1 N–H and O–H groups in total.